The molecule has 0 saturated carbocycles. The molecule has 1 aromatic heterocycles. The van der Waals surface area contributed by atoms with Crippen LogP contribution in [0.25, 0.3) is 0 Å². The van der Waals surface area contributed by atoms with Gasteiger partial charge in [-0.1, -0.05) is 59.4 Å². The third-order valence-electron chi connectivity index (χ3n) is 5.36. The molecule has 0 bridgehead atoms. The molecule has 0 amide bonds. The Morgan fingerprint density at radius 2 is 1.83 bits per heavy atom. The summed E-state index contributed by atoms with van der Waals surface area (Å²) in [6.45, 7) is 12.7. The predicted octanol–water partition coefficient (Wildman–Crippen LogP) is 6.79. The normalized spacial score (nSPS) is 11.7. The highest BCUT2D eigenvalue weighted by Crippen LogP contribution is 2.31. The zero-order chi connectivity index (χ0) is 21.6. The van der Waals surface area contributed by atoms with Crippen molar-refractivity contribution in [1.82, 2.24) is 9.78 Å². The van der Waals surface area contributed by atoms with Crippen LogP contribution < -0.4 is 4.74 Å². The summed E-state index contributed by atoms with van der Waals surface area (Å²) in [5, 5.41) is 4.48. The largest absolute Gasteiger partial charge is 0.483 e. The van der Waals surface area contributed by atoms with E-state index in [9.17, 15) is 4.79 Å². The van der Waals surface area contributed by atoms with Gasteiger partial charge in [0.05, 0.1) is 10.2 Å². The van der Waals surface area contributed by atoms with Gasteiger partial charge in [0.15, 0.2) is 6.61 Å². The number of unbranched alkanes of at least 4 members (excludes halogenated alkanes) is 4. The molecule has 2 aromatic rings. The standard InChI is InChI=1S/C24H35BrN2O2/c1-7-8-9-10-11-12-20-17(2)26-27(18(20)3)23(28)16-29-22-14-13-19(15-21(22)25)24(4,5)6/h13-15H,7-12,16H2,1-6H3. The summed E-state index contributed by atoms with van der Waals surface area (Å²) in [6, 6.07) is 6.02. The minimum atomic E-state index is -0.144. The molecule has 0 unspecified atom stereocenters. The van der Waals surface area contributed by atoms with E-state index in [1.165, 1.54) is 41.5 Å². The van der Waals surface area contributed by atoms with Gasteiger partial charge >= 0.3 is 0 Å². The first kappa shape index (κ1) is 23.7. The lowest BCUT2D eigenvalue weighted by Gasteiger charge is -2.20. The fraction of sp³-hybridized carbons (Fsp3) is 0.583. The van der Waals surface area contributed by atoms with Crippen molar-refractivity contribution in [3.05, 3.63) is 45.2 Å². The van der Waals surface area contributed by atoms with Gasteiger partial charge in [0.2, 0.25) is 0 Å². The molecule has 1 heterocycles. The van der Waals surface area contributed by atoms with Gasteiger partial charge in [0.1, 0.15) is 5.75 Å². The Morgan fingerprint density at radius 1 is 1.14 bits per heavy atom. The van der Waals surface area contributed by atoms with Crippen molar-refractivity contribution in [3.63, 3.8) is 0 Å². The number of ether oxygens (including phenoxy) is 1. The summed E-state index contributed by atoms with van der Waals surface area (Å²) >= 11 is 3.56. The van der Waals surface area contributed by atoms with Crippen molar-refractivity contribution in [2.45, 2.75) is 85.5 Å². The van der Waals surface area contributed by atoms with E-state index in [2.05, 4.69) is 54.8 Å². The van der Waals surface area contributed by atoms with Crippen LogP contribution in [-0.4, -0.2) is 22.3 Å². The van der Waals surface area contributed by atoms with E-state index in [1.807, 2.05) is 26.0 Å². The summed E-state index contributed by atoms with van der Waals surface area (Å²) in [5.41, 5.74) is 4.36. The first-order valence-corrected chi connectivity index (χ1v) is 11.5. The van der Waals surface area contributed by atoms with Crippen molar-refractivity contribution in [1.29, 1.82) is 0 Å². The molecule has 2 rings (SSSR count). The topological polar surface area (TPSA) is 44.1 Å². The third-order valence-corrected chi connectivity index (χ3v) is 5.98. The number of rotatable bonds is 9. The molecule has 0 radical (unpaired) electrons. The van der Waals surface area contributed by atoms with Gasteiger partial charge in [0, 0.05) is 5.69 Å². The summed E-state index contributed by atoms with van der Waals surface area (Å²) in [4.78, 5) is 12.7. The third kappa shape index (κ3) is 6.43. The highest BCUT2D eigenvalue weighted by molar-refractivity contribution is 9.10. The molecule has 29 heavy (non-hydrogen) atoms. The second kappa shape index (κ2) is 10.4. The lowest BCUT2D eigenvalue weighted by Crippen LogP contribution is -2.22. The first-order chi connectivity index (χ1) is 13.6. The van der Waals surface area contributed by atoms with Crippen LogP contribution in [0.3, 0.4) is 0 Å². The Labute approximate surface area is 184 Å². The van der Waals surface area contributed by atoms with E-state index in [1.54, 1.807) is 0 Å². The molecule has 4 nitrogen and oxygen atoms in total. The Hall–Kier alpha value is -1.62. The molecule has 0 atom stereocenters. The fourth-order valence-electron chi connectivity index (χ4n) is 3.47. The van der Waals surface area contributed by atoms with Crippen LogP contribution >= 0.6 is 15.9 Å². The van der Waals surface area contributed by atoms with Crippen molar-refractivity contribution >= 4 is 21.8 Å². The number of nitrogens with zero attached hydrogens (tertiary/aromatic N) is 2. The average Bonchev–Trinajstić information content (AvgIpc) is 2.94. The van der Waals surface area contributed by atoms with Gasteiger partial charge in [-0.3, -0.25) is 4.79 Å². The van der Waals surface area contributed by atoms with Gasteiger partial charge in [-0.2, -0.15) is 5.10 Å². The summed E-state index contributed by atoms with van der Waals surface area (Å²) in [7, 11) is 0. The van der Waals surface area contributed by atoms with E-state index >= 15 is 0 Å². The van der Waals surface area contributed by atoms with Crippen LogP contribution in [0, 0.1) is 13.8 Å². The first-order valence-electron chi connectivity index (χ1n) is 10.7. The average molecular weight is 463 g/mol. The SMILES string of the molecule is CCCCCCCc1c(C)nn(C(=O)COc2ccc(C(C)(C)C)cc2Br)c1C. The Balaban J connectivity index is 2.00. The van der Waals surface area contributed by atoms with Crippen LogP contribution in [0.5, 0.6) is 5.75 Å². The van der Waals surface area contributed by atoms with E-state index in [0.29, 0.717) is 5.75 Å². The van der Waals surface area contributed by atoms with Crippen LogP contribution in [-0.2, 0) is 11.8 Å². The van der Waals surface area contributed by atoms with E-state index in [4.69, 9.17) is 4.74 Å². The summed E-state index contributed by atoms with van der Waals surface area (Å²) < 4.78 is 8.16. The number of carbonyl (C=O) groups excluding carboxylic acids is 1. The Morgan fingerprint density at radius 3 is 2.45 bits per heavy atom. The number of carbonyl (C=O) groups is 1. The minimum Gasteiger partial charge on any atom is -0.483 e. The minimum absolute atomic E-state index is 0.0363. The number of aromatic nitrogens is 2. The molecule has 160 valence electrons. The number of hydrogen-bond acceptors (Lipinski definition) is 3. The van der Waals surface area contributed by atoms with Crippen molar-refractivity contribution in [3.8, 4) is 5.75 Å². The molecule has 0 aliphatic carbocycles. The smallest absolute Gasteiger partial charge is 0.284 e. The second-order valence-corrected chi connectivity index (χ2v) is 9.66. The highest BCUT2D eigenvalue weighted by Gasteiger charge is 2.18. The molecule has 0 fully saturated rings. The predicted molar refractivity (Wildman–Crippen MR) is 123 cm³/mol. The van der Waals surface area contributed by atoms with Gasteiger partial charge < -0.3 is 4.74 Å². The molecule has 0 spiro atoms. The molecular formula is C24H35BrN2O2. The zero-order valence-electron chi connectivity index (χ0n) is 18.8. The zero-order valence-corrected chi connectivity index (χ0v) is 20.4. The molecule has 1 aromatic carbocycles. The maximum atomic E-state index is 12.7. The van der Waals surface area contributed by atoms with E-state index < -0.39 is 0 Å². The number of halogens is 1. The maximum Gasteiger partial charge on any atom is 0.284 e. The van der Waals surface area contributed by atoms with Crippen LogP contribution in [0.4, 0.5) is 0 Å². The van der Waals surface area contributed by atoms with Gasteiger partial charge in [-0.25, -0.2) is 4.68 Å². The van der Waals surface area contributed by atoms with Gasteiger partial charge in [0.25, 0.3) is 5.91 Å². The van der Waals surface area contributed by atoms with Crippen molar-refractivity contribution in [2.24, 2.45) is 0 Å². The summed E-state index contributed by atoms with van der Waals surface area (Å²) in [6.07, 6.45) is 7.17. The highest BCUT2D eigenvalue weighted by atomic mass is 79.9. The van der Waals surface area contributed by atoms with E-state index in [0.717, 1.165) is 28.7 Å². The number of hydrogen-bond donors (Lipinski definition) is 0. The maximum absolute atomic E-state index is 12.7. The monoisotopic (exact) mass is 462 g/mol. The quantitative estimate of drug-likeness (QED) is 0.385. The number of benzene rings is 1. The molecular weight excluding hydrogens is 428 g/mol. The van der Waals surface area contributed by atoms with Crippen molar-refractivity contribution in [2.75, 3.05) is 6.61 Å². The Kier molecular flexibility index (Phi) is 8.50. The fourth-order valence-corrected chi connectivity index (χ4v) is 3.96. The molecule has 0 aliphatic heterocycles. The lowest BCUT2D eigenvalue weighted by atomic mass is 9.87. The molecule has 5 heteroatoms. The van der Waals surface area contributed by atoms with Crippen LogP contribution in [0.15, 0.2) is 22.7 Å². The second-order valence-electron chi connectivity index (χ2n) is 8.80. The van der Waals surface area contributed by atoms with Crippen LogP contribution in [0.1, 0.15) is 87.1 Å². The molecule has 0 aliphatic rings. The molecule has 0 N–H and O–H groups in total. The van der Waals surface area contributed by atoms with E-state index in [-0.39, 0.29) is 17.9 Å². The van der Waals surface area contributed by atoms with Gasteiger partial charge in [-0.05, 0) is 71.3 Å². The number of aryl methyl sites for hydroxylation is 1. The van der Waals surface area contributed by atoms with Gasteiger partial charge in [-0.15, -0.1) is 0 Å². The molecule has 0 saturated heterocycles. The lowest BCUT2D eigenvalue weighted by molar-refractivity contribution is 0.0817. The van der Waals surface area contributed by atoms with Crippen LogP contribution in [0.2, 0.25) is 0 Å². The van der Waals surface area contributed by atoms with Crippen molar-refractivity contribution < 1.29 is 9.53 Å². The summed E-state index contributed by atoms with van der Waals surface area (Å²) in [5.74, 6) is 0.527. The Bertz CT molecular complexity index is 834.